The highest BCUT2D eigenvalue weighted by Crippen LogP contribution is 2.28. The van der Waals surface area contributed by atoms with Gasteiger partial charge in [-0.05, 0) is 54.4 Å². The van der Waals surface area contributed by atoms with Crippen LogP contribution < -0.4 is 10.6 Å². The molecule has 0 amide bonds. The Bertz CT molecular complexity index is 584. The summed E-state index contributed by atoms with van der Waals surface area (Å²) < 4.78 is 13.0. The summed E-state index contributed by atoms with van der Waals surface area (Å²) in [5, 5.41) is 0.714. The Kier molecular flexibility index (Phi) is 4.63. The average Bonchev–Trinajstić information content (AvgIpc) is 2.42. The van der Waals surface area contributed by atoms with Gasteiger partial charge in [-0.1, -0.05) is 17.7 Å². The van der Waals surface area contributed by atoms with Crippen molar-refractivity contribution in [1.82, 2.24) is 0 Å². The van der Waals surface area contributed by atoms with E-state index in [9.17, 15) is 4.39 Å². The summed E-state index contributed by atoms with van der Waals surface area (Å²) in [5.74, 6) is -0.242. The first-order chi connectivity index (χ1) is 9.52. The zero-order chi connectivity index (χ0) is 14.7. The van der Waals surface area contributed by atoms with Gasteiger partial charge in [0.25, 0.3) is 0 Å². The van der Waals surface area contributed by atoms with Crippen LogP contribution in [0.1, 0.15) is 17.2 Å². The monoisotopic (exact) mass is 292 g/mol. The van der Waals surface area contributed by atoms with Gasteiger partial charge in [-0.15, -0.1) is 0 Å². The number of hydrogen-bond donors (Lipinski definition) is 1. The smallest absolute Gasteiger partial charge is 0.123 e. The molecular formula is C16H18ClFN2. The number of rotatable bonds is 4. The molecule has 2 rings (SSSR count). The normalized spacial score (nSPS) is 12.2. The van der Waals surface area contributed by atoms with E-state index in [1.165, 1.54) is 12.1 Å². The largest absolute Gasteiger partial charge is 0.366 e. The third-order valence-electron chi connectivity index (χ3n) is 3.52. The molecule has 2 nitrogen and oxygen atoms in total. The van der Waals surface area contributed by atoms with E-state index >= 15 is 0 Å². The predicted molar refractivity (Wildman–Crippen MR) is 82.8 cm³/mol. The van der Waals surface area contributed by atoms with E-state index in [1.54, 1.807) is 12.1 Å². The first-order valence-corrected chi connectivity index (χ1v) is 6.85. The number of nitrogens with zero attached hydrogens (tertiary/aromatic N) is 1. The minimum Gasteiger partial charge on any atom is -0.366 e. The molecule has 0 heterocycles. The number of anilines is 1. The Morgan fingerprint density at radius 1 is 1.20 bits per heavy atom. The van der Waals surface area contributed by atoms with Gasteiger partial charge >= 0.3 is 0 Å². The van der Waals surface area contributed by atoms with Crippen molar-refractivity contribution in [1.29, 1.82) is 0 Å². The second-order valence-electron chi connectivity index (χ2n) is 4.84. The fourth-order valence-electron chi connectivity index (χ4n) is 2.36. The van der Waals surface area contributed by atoms with Crippen LogP contribution in [-0.4, -0.2) is 13.6 Å². The highest BCUT2D eigenvalue weighted by molar-refractivity contribution is 6.30. The maximum Gasteiger partial charge on any atom is 0.123 e. The summed E-state index contributed by atoms with van der Waals surface area (Å²) in [6, 6.07) is 12.2. The molecular weight excluding hydrogens is 275 g/mol. The molecule has 0 saturated carbocycles. The van der Waals surface area contributed by atoms with E-state index in [1.807, 2.05) is 32.2 Å². The molecule has 0 radical (unpaired) electrons. The predicted octanol–water partition coefficient (Wildman–Crippen LogP) is 3.92. The van der Waals surface area contributed by atoms with Crippen LogP contribution in [0.3, 0.4) is 0 Å². The highest BCUT2D eigenvalue weighted by Gasteiger charge is 2.18. The Balaban J connectivity index is 2.33. The summed E-state index contributed by atoms with van der Waals surface area (Å²) >= 11 is 5.99. The molecule has 106 valence electrons. The molecule has 2 aromatic rings. The SMILES string of the molecule is Cc1cc(Cl)ccc1C(CN)N(C)c1ccc(F)cc1. The van der Waals surface area contributed by atoms with Crippen LogP contribution in [0.2, 0.25) is 5.02 Å². The van der Waals surface area contributed by atoms with Gasteiger partial charge in [-0.25, -0.2) is 4.39 Å². The zero-order valence-corrected chi connectivity index (χ0v) is 12.4. The minimum absolute atomic E-state index is 0.0257. The maximum absolute atomic E-state index is 13.0. The third-order valence-corrected chi connectivity index (χ3v) is 3.75. The van der Waals surface area contributed by atoms with E-state index in [-0.39, 0.29) is 11.9 Å². The summed E-state index contributed by atoms with van der Waals surface area (Å²) in [6.07, 6.45) is 0. The summed E-state index contributed by atoms with van der Waals surface area (Å²) in [5.41, 5.74) is 9.09. The molecule has 0 spiro atoms. The van der Waals surface area contributed by atoms with Crippen molar-refractivity contribution in [3.05, 3.63) is 64.4 Å². The van der Waals surface area contributed by atoms with Gasteiger partial charge in [0.05, 0.1) is 6.04 Å². The summed E-state index contributed by atoms with van der Waals surface area (Å²) in [6.45, 7) is 2.48. The molecule has 4 heteroatoms. The number of nitrogens with two attached hydrogens (primary N) is 1. The van der Waals surface area contributed by atoms with E-state index < -0.39 is 0 Å². The quantitative estimate of drug-likeness (QED) is 0.925. The van der Waals surface area contributed by atoms with E-state index in [0.717, 1.165) is 16.8 Å². The second kappa shape index (κ2) is 6.25. The zero-order valence-electron chi connectivity index (χ0n) is 11.6. The van der Waals surface area contributed by atoms with Crippen molar-refractivity contribution in [3.8, 4) is 0 Å². The lowest BCUT2D eigenvalue weighted by molar-refractivity contribution is 0.626. The van der Waals surface area contributed by atoms with Gasteiger partial charge in [0, 0.05) is 24.3 Å². The van der Waals surface area contributed by atoms with Gasteiger partial charge in [0.2, 0.25) is 0 Å². The second-order valence-corrected chi connectivity index (χ2v) is 5.28. The topological polar surface area (TPSA) is 29.3 Å². The fraction of sp³-hybridized carbons (Fsp3) is 0.250. The number of benzene rings is 2. The number of likely N-dealkylation sites (N-methyl/N-ethyl adjacent to an activating group) is 1. The molecule has 0 aliphatic rings. The Morgan fingerprint density at radius 2 is 1.85 bits per heavy atom. The van der Waals surface area contributed by atoms with Crippen LogP contribution in [0, 0.1) is 12.7 Å². The molecule has 0 aliphatic heterocycles. The lowest BCUT2D eigenvalue weighted by atomic mass is 10.00. The molecule has 0 bridgehead atoms. The van der Waals surface area contributed by atoms with Gasteiger partial charge in [0.15, 0.2) is 0 Å². The Labute approximate surface area is 124 Å². The van der Waals surface area contributed by atoms with E-state index in [2.05, 4.69) is 4.90 Å². The molecule has 0 aliphatic carbocycles. The van der Waals surface area contributed by atoms with Crippen LogP contribution in [0.5, 0.6) is 0 Å². The van der Waals surface area contributed by atoms with Crippen molar-refractivity contribution >= 4 is 17.3 Å². The Morgan fingerprint density at radius 3 is 2.40 bits per heavy atom. The van der Waals surface area contributed by atoms with Crippen LogP contribution in [-0.2, 0) is 0 Å². The van der Waals surface area contributed by atoms with Crippen molar-refractivity contribution in [2.45, 2.75) is 13.0 Å². The van der Waals surface area contributed by atoms with E-state index in [0.29, 0.717) is 11.6 Å². The van der Waals surface area contributed by atoms with Crippen molar-refractivity contribution in [2.24, 2.45) is 5.73 Å². The van der Waals surface area contributed by atoms with Crippen LogP contribution >= 0.6 is 11.6 Å². The first kappa shape index (κ1) is 14.8. The van der Waals surface area contributed by atoms with Crippen molar-refractivity contribution in [3.63, 3.8) is 0 Å². The molecule has 0 fully saturated rings. The molecule has 20 heavy (non-hydrogen) atoms. The average molecular weight is 293 g/mol. The standard InChI is InChI=1S/C16H18ClFN2/c1-11-9-12(17)3-8-15(11)16(10-19)20(2)14-6-4-13(18)5-7-14/h3-9,16H,10,19H2,1-2H3. The number of aryl methyl sites for hydroxylation is 1. The van der Waals surface area contributed by atoms with Crippen LogP contribution in [0.4, 0.5) is 10.1 Å². The minimum atomic E-state index is -0.242. The van der Waals surface area contributed by atoms with Crippen molar-refractivity contribution < 1.29 is 4.39 Å². The third kappa shape index (κ3) is 3.11. The van der Waals surface area contributed by atoms with Crippen LogP contribution in [0.25, 0.3) is 0 Å². The summed E-state index contributed by atoms with van der Waals surface area (Å²) in [7, 11) is 1.96. The van der Waals surface area contributed by atoms with E-state index in [4.69, 9.17) is 17.3 Å². The number of hydrogen-bond acceptors (Lipinski definition) is 2. The number of halogens is 2. The highest BCUT2D eigenvalue weighted by atomic mass is 35.5. The Hall–Kier alpha value is -1.58. The van der Waals surface area contributed by atoms with Gasteiger partial charge in [0.1, 0.15) is 5.82 Å². The van der Waals surface area contributed by atoms with Gasteiger partial charge in [-0.2, -0.15) is 0 Å². The molecule has 1 atom stereocenters. The fourth-order valence-corrected chi connectivity index (χ4v) is 2.59. The van der Waals surface area contributed by atoms with Gasteiger partial charge in [-0.3, -0.25) is 0 Å². The van der Waals surface area contributed by atoms with Crippen molar-refractivity contribution in [2.75, 3.05) is 18.5 Å². The summed E-state index contributed by atoms with van der Waals surface area (Å²) in [4.78, 5) is 2.05. The molecule has 2 N–H and O–H groups in total. The van der Waals surface area contributed by atoms with Gasteiger partial charge < -0.3 is 10.6 Å². The molecule has 0 saturated heterocycles. The lowest BCUT2D eigenvalue weighted by Gasteiger charge is -2.30. The maximum atomic E-state index is 13.0. The molecule has 0 aromatic heterocycles. The molecule has 1 unspecified atom stereocenters. The lowest BCUT2D eigenvalue weighted by Crippen LogP contribution is -2.31. The molecule has 2 aromatic carbocycles. The van der Waals surface area contributed by atoms with Crippen LogP contribution in [0.15, 0.2) is 42.5 Å². The first-order valence-electron chi connectivity index (χ1n) is 6.47.